The molecule has 1 saturated carbocycles. The smallest absolute Gasteiger partial charge is 0.243 e. The van der Waals surface area contributed by atoms with Crippen LogP contribution >= 0.6 is 0 Å². The molecule has 5 nitrogen and oxygen atoms in total. The van der Waals surface area contributed by atoms with Gasteiger partial charge in [0, 0.05) is 18.1 Å². The second kappa shape index (κ2) is 9.39. The SMILES string of the molecule is CCC=NCC(=O)C1CCC(C(=O)N/N=C/CC)CC1. The second-order valence-corrected chi connectivity index (χ2v) is 5.14. The van der Waals surface area contributed by atoms with E-state index < -0.39 is 0 Å². The van der Waals surface area contributed by atoms with Crippen molar-refractivity contribution in [3.05, 3.63) is 0 Å². The Labute approximate surface area is 120 Å². The van der Waals surface area contributed by atoms with Crippen LogP contribution in [0.15, 0.2) is 10.1 Å². The lowest BCUT2D eigenvalue weighted by molar-refractivity contribution is -0.128. The molecule has 0 heterocycles. The average Bonchev–Trinajstić information content (AvgIpc) is 2.47. The van der Waals surface area contributed by atoms with E-state index in [2.05, 4.69) is 15.5 Å². The zero-order valence-corrected chi connectivity index (χ0v) is 12.5. The third-order valence-electron chi connectivity index (χ3n) is 3.56. The Hall–Kier alpha value is -1.52. The summed E-state index contributed by atoms with van der Waals surface area (Å²) in [6.07, 6.45) is 8.23. The van der Waals surface area contributed by atoms with Gasteiger partial charge in [0.15, 0.2) is 5.78 Å². The standard InChI is InChI=1S/C15H25N3O2/c1-3-9-16-11-14(19)12-5-7-13(8-6-12)15(20)18-17-10-4-2/h9-10,12-13H,3-8,11H2,1-2H3,(H,18,20)/b16-9?,17-10+. The van der Waals surface area contributed by atoms with E-state index in [1.165, 1.54) is 0 Å². The van der Waals surface area contributed by atoms with Crippen molar-refractivity contribution in [2.24, 2.45) is 21.9 Å². The van der Waals surface area contributed by atoms with E-state index in [0.29, 0.717) is 0 Å². The van der Waals surface area contributed by atoms with Gasteiger partial charge in [-0.2, -0.15) is 5.10 Å². The highest BCUT2D eigenvalue weighted by Gasteiger charge is 2.29. The molecule has 0 atom stereocenters. The molecule has 0 aromatic heterocycles. The first-order valence-corrected chi connectivity index (χ1v) is 7.51. The van der Waals surface area contributed by atoms with Crippen LogP contribution in [-0.2, 0) is 9.59 Å². The Kier molecular flexibility index (Phi) is 7.77. The molecule has 0 aromatic carbocycles. The highest BCUT2D eigenvalue weighted by atomic mass is 16.2. The molecule has 0 aliphatic heterocycles. The van der Waals surface area contributed by atoms with Crippen molar-refractivity contribution < 1.29 is 9.59 Å². The van der Waals surface area contributed by atoms with E-state index in [9.17, 15) is 9.59 Å². The quantitative estimate of drug-likeness (QED) is 0.574. The summed E-state index contributed by atoms with van der Waals surface area (Å²) in [6, 6.07) is 0. The molecule has 1 rings (SSSR count). The van der Waals surface area contributed by atoms with Crippen molar-refractivity contribution in [3.63, 3.8) is 0 Å². The van der Waals surface area contributed by atoms with Crippen molar-refractivity contribution in [3.8, 4) is 0 Å². The third-order valence-corrected chi connectivity index (χ3v) is 3.56. The molecule has 1 amide bonds. The summed E-state index contributed by atoms with van der Waals surface area (Å²) in [5.41, 5.74) is 2.56. The molecule has 1 N–H and O–H groups in total. The Balaban J connectivity index is 2.32. The van der Waals surface area contributed by atoms with Gasteiger partial charge < -0.3 is 0 Å². The van der Waals surface area contributed by atoms with Crippen molar-refractivity contribution >= 4 is 24.1 Å². The molecule has 1 aliphatic carbocycles. The van der Waals surface area contributed by atoms with E-state index in [-0.39, 0.29) is 30.1 Å². The summed E-state index contributed by atoms with van der Waals surface area (Å²) in [5.74, 6) is 0.251. The van der Waals surface area contributed by atoms with E-state index in [1.807, 2.05) is 13.8 Å². The van der Waals surface area contributed by atoms with E-state index in [1.54, 1.807) is 12.4 Å². The lowest BCUT2D eigenvalue weighted by atomic mass is 9.79. The fourth-order valence-corrected chi connectivity index (χ4v) is 2.38. The molecule has 0 unspecified atom stereocenters. The topological polar surface area (TPSA) is 70.9 Å². The summed E-state index contributed by atoms with van der Waals surface area (Å²) < 4.78 is 0. The Morgan fingerprint density at radius 3 is 2.25 bits per heavy atom. The zero-order valence-electron chi connectivity index (χ0n) is 12.5. The van der Waals surface area contributed by atoms with Crippen molar-refractivity contribution in [2.45, 2.75) is 52.4 Å². The third kappa shape index (κ3) is 5.63. The van der Waals surface area contributed by atoms with Crippen LogP contribution < -0.4 is 5.43 Å². The number of ketones is 1. The Morgan fingerprint density at radius 1 is 1.05 bits per heavy atom. The van der Waals surface area contributed by atoms with Gasteiger partial charge in [0.25, 0.3) is 0 Å². The molecule has 0 spiro atoms. The molecule has 1 aliphatic rings. The number of Topliss-reactive ketones (excluding diaryl/α,β-unsaturated/α-hetero) is 1. The highest BCUT2D eigenvalue weighted by Crippen LogP contribution is 2.29. The van der Waals surface area contributed by atoms with Gasteiger partial charge in [0.05, 0.1) is 6.54 Å². The van der Waals surface area contributed by atoms with Gasteiger partial charge in [-0.05, 0) is 44.7 Å². The van der Waals surface area contributed by atoms with Gasteiger partial charge in [-0.15, -0.1) is 0 Å². The summed E-state index contributed by atoms with van der Waals surface area (Å²) in [7, 11) is 0. The number of carbonyl (C=O) groups is 2. The van der Waals surface area contributed by atoms with Crippen molar-refractivity contribution in [2.75, 3.05) is 6.54 Å². The van der Waals surface area contributed by atoms with Crippen LogP contribution in [0, 0.1) is 11.8 Å². The molecular formula is C15H25N3O2. The number of rotatable bonds is 7. The minimum atomic E-state index is -0.0235. The minimum Gasteiger partial charge on any atom is -0.297 e. The van der Waals surface area contributed by atoms with Gasteiger partial charge in [0.2, 0.25) is 5.91 Å². The van der Waals surface area contributed by atoms with Crippen LogP contribution in [0.4, 0.5) is 0 Å². The van der Waals surface area contributed by atoms with Crippen LogP contribution in [0.2, 0.25) is 0 Å². The highest BCUT2D eigenvalue weighted by molar-refractivity contribution is 5.85. The largest absolute Gasteiger partial charge is 0.297 e. The number of hydrogen-bond donors (Lipinski definition) is 1. The summed E-state index contributed by atoms with van der Waals surface area (Å²) >= 11 is 0. The fraction of sp³-hybridized carbons (Fsp3) is 0.733. The van der Waals surface area contributed by atoms with Gasteiger partial charge in [0.1, 0.15) is 0 Å². The molecule has 5 heteroatoms. The summed E-state index contributed by atoms with van der Waals surface area (Å²) in [6.45, 7) is 4.25. The van der Waals surface area contributed by atoms with Gasteiger partial charge in [-0.25, -0.2) is 5.43 Å². The molecule has 20 heavy (non-hydrogen) atoms. The maximum absolute atomic E-state index is 11.9. The molecule has 112 valence electrons. The van der Waals surface area contributed by atoms with Crippen molar-refractivity contribution in [1.29, 1.82) is 0 Å². The number of hydrazone groups is 1. The van der Waals surface area contributed by atoms with E-state index in [0.717, 1.165) is 38.5 Å². The van der Waals surface area contributed by atoms with Crippen LogP contribution in [-0.4, -0.2) is 30.7 Å². The number of carbonyl (C=O) groups excluding carboxylic acids is 2. The summed E-state index contributed by atoms with van der Waals surface area (Å²) in [5, 5.41) is 3.86. The molecule has 0 saturated heterocycles. The number of aliphatic imine (C=N–C) groups is 1. The average molecular weight is 279 g/mol. The maximum atomic E-state index is 11.9. The first-order chi connectivity index (χ1) is 9.69. The molecule has 0 bridgehead atoms. The summed E-state index contributed by atoms with van der Waals surface area (Å²) in [4.78, 5) is 27.8. The first-order valence-electron chi connectivity index (χ1n) is 7.51. The monoisotopic (exact) mass is 279 g/mol. The number of nitrogens with one attached hydrogen (secondary N) is 1. The van der Waals surface area contributed by atoms with Crippen LogP contribution in [0.25, 0.3) is 0 Å². The van der Waals surface area contributed by atoms with Gasteiger partial charge >= 0.3 is 0 Å². The zero-order chi connectivity index (χ0) is 14.8. The molecule has 0 aromatic rings. The first kappa shape index (κ1) is 16.5. The second-order valence-electron chi connectivity index (χ2n) is 5.14. The fourth-order valence-electron chi connectivity index (χ4n) is 2.38. The van der Waals surface area contributed by atoms with Crippen LogP contribution in [0.3, 0.4) is 0 Å². The maximum Gasteiger partial charge on any atom is 0.243 e. The van der Waals surface area contributed by atoms with Crippen LogP contribution in [0.1, 0.15) is 52.4 Å². The van der Waals surface area contributed by atoms with Crippen LogP contribution in [0.5, 0.6) is 0 Å². The number of hydrogen-bond acceptors (Lipinski definition) is 4. The lowest BCUT2D eigenvalue weighted by Crippen LogP contribution is -2.32. The van der Waals surface area contributed by atoms with E-state index in [4.69, 9.17) is 0 Å². The minimum absolute atomic E-state index is 0.00722. The molecule has 0 radical (unpaired) electrons. The number of nitrogens with zero attached hydrogens (tertiary/aromatic N) is 2. The van der Waals surface area contributed by atoms with E-state index >= 15 is 0 Å². The normalized spacial score (nSPS) is 23.3. The Bertz CT molecular complexity index is 333. The number of amides is 1. The van der Waals surface area contributed by atoms with Crippen molar-refractivity contribution in [1.82, 2.24) is 5.43 Å². The predicted octanol–water partition coefficient (Wildman–Crippen LogP) is 2.35. The van der Waals surface area contributed by atoms with Gasteiger partial charge in [-0.3, -0.25) is 14.6 Å². The molecule has 1 fully saturated rings. The van der Waals surface area contributed by atoms with Gasteiger partial charge in [-0.1, -0.05) is 13.8 Å². The molecular weight excluding hydrogens is 254 g/mol. The predicted molar refractivity (Wildman–Crippen MR) is 81.0 cm³/mol. The Morgan fingerprint density at radius 2 is 1.65 bits per heavy atom. The lowest BCUT2D eigenvalue weighted by Gasteiger charge is -2.25.